The van der Waals surface area contributed by atoms with Crippen LogP contribution in [0.4, 0.5) is 0 Å². The highest BCUT2D eigenvalue weighted by Gasteiger charge is 2.32. The second-order valence-corrected chi connectivity index (χ2v) is 6.34. The first-order chi connectivity index (χ1) is 9.93. The van der Waals surface area contributed by atoms with Gasteiger partial charge in [0.15, 0.2) is 0 Å². The Kier molecular flexibility index (Phi) is 4.88. The molecule has 0 heterocycles. The SMILES string of the molecule is CC(c1ccccc1O)N(C)C(=O)CC1(N)CCCCC1. The molecule has 1 aromatic rings. The molecule has 1 fully saturated rings. The van der Waals surface area contributed by atoms with Crippen molar-refractivity contribution in [3.63, 3.8) is 0 Å². The van der Waals surface area contributed by atoms with Crippen molar-refractivity contribution in [1.82, 2.24) is 4.90 Å². The maximum absolute atomic E-state index is 12.5. The van der Waals surface area contributed by atoms with E-state index in [1.54, 1.807) is 24.1 Å². The number of hydrogen-bond acceptors (Lipinski definition) is 3. The molecule has 3 N–H and O–H groups in total. The third-order valence-electron chi connectivity index (χ3n) is 4.71. The number of carbonyl (C=O) groups excluding carboxylic acids is 1. The van der Waals surface area contributed by atoms with Gasteiger partial charge in [-0.1, -0.05) is 37.5 Å². The predicted molar refractivity (Wildman–Crippen MR) is 83.9 cm³/mol. The van der Waals surface area contributed by atoms with Gasteiger partial charge in [-0.2, -0.15) is 0 Å². The fourth-order valence-electron chi connectivity index (χ4n) is 3.12. The van der Waals surface area contributed by atoms with Gasteiger partial charge in [0.2, 0.25) is 5.91 Å². The van der Waals surface area contributed by atoms with Gasteiger partial charge in [-0.3, -0.25) is 4.79 Å². The maximum atomic E-state index is 12.5. The molecule has 1 aliphatic rings. The van der Waals surface area contributed by atoms with Crippen LogP contribution >= 0.6 is 0 Å². The van der Waals surface area contributed by atoms with Crippen LogP contribution in [0.5, 0.6) is 5.75 Å². The first-order valence-corrected chi connectivity index (χ1v) is 7.75. The highest BCUT2D eigenvalue weighted by Crippen LogP contribution is 2.32. The molecule has 0 aliphatic heterocycles. The largest absolute Gasteiger partial charge is 0.508 e. The van der Waals surface area contributed by atoms with Crippen LogP contribution in [-0.4, -0.2) is 28.5 Å². The van der Waals surface area contributed by atoms with Crippen LogP contribution in [0.25, 0.3) is 0 Å². The van der Waals surface area contributed by atoms with Crippen LogP contribution in [-0.2, 0) is 4.79 Å². The van der Waals surface area contributed by atoms with Gasteiger partial charge < -0.3 is 15.7 Å². The summed E-state index contributed by atoms with van der Waals surface area (Å²) < 4.78 is 0. The van der Waals surface area contributed by atoms with Crippen LogP contribution in [0.2, 0.25) is 0 Å². The Balaban J connectivity index is 2.03. The highest BCUT2D eigenvalue weighted by atomic mass is 16.3. The van der Waals surface area contributed by atoms with Crippen LogP contribution in [0.3, 0.4) is 0 Å². The second-order valence-electron chi connectivity index (χ2n) is 6.34. The van der Waals surface area contributed by atoms with Crippen molar-refractivity contribution in [3.8, 4) is 5.75 Å². The topological polar surface area (TPSA) is 66.6 Å². The molecule has 1 unspecified atom stereocenters. The van der Waals surface area contributed by atoms with Gasteiger partial charge in [0, 0.05) is 24.6 Å². The molecule has 4 heteroatoms. The van der Waals surface area contributed by atoms with Crippen molar-refractivity contribution in [3.05, 3.63) is 29.8 Å². The van der Waals surface area contributed by atoms with E-state index < -0.39 is 0 Å². The summed E-state index contributed by atoms with van der Waals surface area (Å²) in [5, 5.41) is 9.92. The summed E-state index contributed by atoms with van der Waals surface area (Å²) in [6, 6.07) is 6.99. The molecule has 2 rings (SSSR count). The minimum Gasteiger partial charge on any atom is -0.508 e. The molecular weight excluding hydrogens is 264 g/mol. The number of phenols is 1. The van der Waals surface area contributed by atoms with Crippen LogP contribution < -0.4 is 5.73 Å². The fourth-order valence-corrected chi connectivity index (χ4v) is 3.12. The Morgan fingerprint density at radius 2 is 1.95 bits per heavy atom. The normalized spacial score (nSPS) is 19.0. The van der Waals surface area contributed by atoms with Gasteiger partial charge in [0.1, 0.15) is 5.75 Å². The lowest BCUT2D eigenvalue weighted by molar-refractivity contribution is -0.133. The quantitative estimate of drug-likeness (QED) is 0.896. The Bertz CT molecular complexity index is 495. The Morgan fingerprint density at radius 3 is 2.57 bits per heavy atom. The lowest BCUT2D eigenvalue weighted by atomic mass is 9.80. The van der Waals surface area contributed by atoms with E-state index in [0.717, 1.165) is 31.2 Å². The molecule has 0 saturated heterocycles. The lowest BCUT2D eigenvalue weighted by Crippen LogP contribution is -2.46. The molecule has 1 saturated carbocycles. The van der Waals surface area contributed by atoms with Gasteiger partial charge in [0.25, 0.3) is 0 Å². The Labute approximate surface area is 126 Å². The van der Waals surface area contributed by atoms with E-state index in [9.17, 15) is 9.90 Å². The summed E-state index contributed by atoms with van der Waals surface area (Å²) >= 11 is 0. The molecule has 0 radical (unpaired) electrons. The average Bonchev–Trinajstić information content (AvgIpc) is 2.46. The summed E-state index contributed by atoms with van der Waals surface area (Å²) in [7, 11) is 1.78. The van der Waals surface area contributed by atoms with Gasteiger partial charge >= 0.3 is 0 Å². The smallest absolute Gasteiger partial charge is 0.224 e. The minimum atomic E-state index is -0.345. The molecule has 116 valence electrons. The minimum absolute atomic E-state index is 0.0511. The van der Waals surface area contributed by atoms with Gasteiger partial charge in [-0.25, -0.2) is 0 Å². The molecule has 4 nitrogen and oxygen atoms in total. The van der Waals surface area contributed by atoms with Crippen molar-refractivity contribution in [2.75, 3.05) is 7.05 Å². The van der Waals surface area contributed by atoms with Crippen LogP contribution in [0.1, 0.15) is 57.1 Å². The predicted octanol–water partition coefficient (Wildman–Crippen LogP) is 2.96. The first kappa shape index (κ1) is 15.8. The Morgan fingerprint density at radius 1 is 1.33 bits per heavy atom. The van der Waals surface area contributed by atoms with E-state index in [0.29, 0.717) is 6.42 Å². The molecule has 0 spiro atoms. The van der Waals surface area contributed by atoms with Crippen LogP contribution in [0, 0.1) is 0 Å². The number of para-hydroxylation sites is 1. The molecule has 0 bridgehead atoms. The van der Waals surface area contributed by atoms with E-state index in [1.165, 1.54) is 6.42 Å². The maximum Gasteiger partial charge on any atom is 0.224 e. The zero-order valence-corrected chi connectivity index (χ0v) is 13.0. The number of phenolic OH excluding ortho intramolecular Hbond substituents is 1. The molecule has 1 aromatic carbocycles. The number of nitrogens with two attached hydrogens (primary N) is 1. The second kappa shape index (κ2) is 6.48. The summed E-state index contributed by atoms with van der Waals surface area (Å²) in [6.45, 7) is 1.93. The van der Waals surface area contributed by atoms with Crippen molar-refractivity contribution < 1.29 is 9.90 Å². The van der Waals surface area contributed by atoms with Gasteiger partial charge in [0.05, 0.1) is 6.04 Å². The van der Waals surface area contributed by atoms with E-state index in [1.807, 2.05) is 19.1 Å². The van der Waals surface area contributed by atoms with Gasteiger partial charge in [-0.05, 0) is 25.8 Å². The van der Waals surface area contributed by atoms with Crippen molar-refractivity contribution in [2.45, 2.75) is 57.0 Å². The molecular formula is C17H26N2O2. The van der Waals surface area contributed by atoms with E-state index in [2.05, 4.69) is 0 Å². The number of carbonyl (C=O) groups is 1. The third-order valence-corrected chi connectivity index (χ3v) is 4.71. The first-order valence-electron chi connectivity index (χ1n) is 7.75. The third kappa shape index (κ3) is 3.76. The monoisotopic (exact) mass is 290 g/mol. The van der Waals surface area contributed by atoms with Crippen molar-refractivity contribution >= 4 is 5.91 Å². The van der Waals surface area contributed by atoms with E-state index >= 15 is 0 Å². The number of aromatic hydroxyl groups is 1. The van der Waals surface area contributed by atoms with Crippen molar-refractivity contribution in [2.24, 2.45) is 5.73 Å². The summed E-state index contributed by atoms with van der Waals surface area (Å²) in [5.74, 6) is 0.278. The summed E-state index contributed by atoms with van der Waals surface area (Å²) in [6.07, 6.45) is 5.69. The lowest BCUT2D eigenvalue weighted by Gasteiger charge is -2.35. The highest BCUT2D eigenvalue weighted by molar-refractivity contribution is 5.77. The molecule has 0 aromatic heterocycles. The zero-order valence-electron chi connectivity index (χ0n) is 13.0. The van der Waals surface area contributed by atoms with E-state index in [-0.39, 0.29) is 23.2 Å². The van der Waals surface area contributed by atoms with E-state index in [4.69, 9.17) is 5.73 Å². The molecule has 1 atom stereocenters. The standard InChI is InChI=1S/C17H26N2O2/c1-13(14-8-4-5-9-15(14)20)19(2)16(21)12-17(18)10-6-3-7-11-17/h4-5,8-9,13,20H,3,6-7,10-12,18H2,1-2H3. The molecule has 21 heavy (non-hydrogen) atoms. The van der Waals surface area contributed by atoms with Gasteiger partial charge in [-0.15, -0.1) is 0 Å². The zero-order chi connectivity index (χ0) is 15.5. The molecule has 1 aliphatic carbocycles. The van der Waals surface area contributed by atoms with Crippen molar-refractivity contribution in [1.29, 1.82) is 0 Å². The number of rotatable bonds is 4. The van der Waals surface area contributed by atoms with Crippen LogP contribution in [0.15, 0.2) is 24.3 Å². The Hall–Kier alpha value is -1.55. The number of nitrogens with zero attached hydrogens (tertiary/aromatic N) is 1. The fraction of sp³-hybridized carbons (Fsp3) is 0.588. The number of amides is 1. The number of hydrogen-bond donors (Lipinski definition) is 2. The average molecular weight is 290 g/mol. The summed E-state index contributed by atoms with van der Waals surface area (Å²) in [5.41, 5.74) is 6.79. The number of benzene rings is 1. The summed E-state index contributed by atoms with van der Waals surface area (Å²) in [4.78, 5) is 14.2. The molecule has 1 amide bonds.